The summed E-state index contributed by atoms with van der Waals surface area (Å²) in [5.74, 6) is -0.275. The van der Waals surface area contributed by atoms with Crippen molar-refractivity contribution in [2.75, 3.05) is 4.72 Å². The molecule has 0 bridgehead atoms. The van der Waals surface area contributed by atoms with E-state index in [1.54, 1.807) is 61.9 Å². The summed E-state index contributed by atoms with van der Waals surface area (Å²) in [5, 5.41) is 2.90. The highest BCUT2D eigenvalue weighted by molar-refractivity contribution is 7.92. The van der Waals surface area contributed by atoms with Crippen LogP contribution in [0.25, 0.3) is 5.69 Å². The Morgan fingerprint density at radius 3 is 2.36 bits per heavy atom. The number of carbonyl (C=O) groups is 1. The van der Waals surface area contributed by atoms with E-state index in [1.807, 2.05) is 42.0 Å². The van der Waals surface area contributed by atoms with Crippen LogP contribution in [0.2, 0.25) is 0 Å². The van der Waals surface area contributed by atoms with Crippen molar-refractivity contribution in [3.05, 3.63) is 108 Å². The van der Waals surface area contributed by atoms with Gasteiger partial charge in [0.1, 0.15) is 0 Å². The Balaban J connectivity index is 1.45. The van der Waals surface area contributed by atoms with Gasteiger partial charge in [0.25, 0.3) is 15.9 Å². The smallest absolute Gasteiger partial charge is 0.261 e. The number of amides is 1. The summed E-state index contributed by atoms with van der Waals surface area (Å²) in [6.45, 7) is 3.97. The lowest BCUT2D eigenvalue weighted by molar-refractivity contribution is 0.0950. The third kappa shape index (κ3) is 5.12. The third-order valence-corrected chi connectivity index (χ3v) is 6.73. The molecule has 4 aromatic rings. The number of nitrogens with zero attached hydrogens (tertiary/aromatic N) is 2. The van der Waals surface area contributed by atoms with Crippen molar-refractivity contribution in [1.29, 1.82) is 0 Å². The first-order valence-corrected chi connectivity index (χ1v) is 11.9. The molecule has 0 fully saturated rings. The van der Waals surface area contributed by atoms with Crippen molar-refractivity contribution >= 4 is 21.6 Å². The van der Waals surface area contributed by atoms with Crippen molar-refractivity contribution in [3.8, 4) is 5.69 Å². The molecule has 0 atom stereocenters. The van der Waals surface area contributed by atoms with Gasteiger partial charge in [-0.15, -0.1) is 0 Å². The van der Waals surface area contributed by atoms with Crippen LogP contribution in [0.4, 0.5) is 5.69 Å². The topological polar surface area (TPSA) is 93.1 Å². The molecule has 0 aliphatic heterocycles. The summed E-state index contributed by atoms with van der Waals surface area (Å²) in [6, 6.07) is 19.4. The Labute approximate surface area is 193 Å². The molecule has 1 aromatic heterocycles. The highest BCUT2D eigenvalue weighted by Crippen LogP contribution is 2.23. The molecular formula is C25H24N4O3S. The zero-order chi connectivity index (χ0) is 23.4. The molecule has 0 aliphatic carbocycles. The molecule has 4 rings (SSSR count). The Morgan fingerprint density at radius 2 is 1.70 bits per heavy atom. The second kappa shape index (κ2) is 9.30. The van der Waals surface area contributed by atoms with Crippen molar-refractivity contribution in [2.24, 2.45) is 0 Å². The average Bonchev–Trinajstić information content (AvgIpc) is 3.34. The van der Waals surface area contributed by atoms with Gasteiger partial charge in [0, 0.05) is 30.2 Å². The summed E-state index contributed by atoms with van der Waals surface area (Å²) in [7, 11) is -3.76. The molecule has 3 aromatic carbocycles. The van der Waals surface area contributed by atoms with Crippen molar-refractivity contribution in [1.82, 2.24) is 14.9 Å². The minimum Gasteiger partial charge on any atom is -0.348 e. The number of hydrogen-bond donors (Lipinski definition) is 2. The molecule has 7 nitrogen and oxygen atoms in total. The third-order valence-electron chi connectivity index (χ3n) is 5.35. The molecular weight excluding hydrogens is 436 g/mol. The van der Waals surface area contributed by atoms with Crippen LogP contribution in [-0.4, -0.2) is 23.9 Å². The second-order valence-corrected chi connectivity index (χ2v) is 9.40. The molecule has 33 heavy (non-hydrogen) atoms. The molecule has 0 saturated heterocycles. The minimum absolute atomic E-state index is 0.168. The van der Waals surface area contributed by atoms with Crippen LogP contribution < -0.4 is 10.0 Å². The molecule has 0 aliphatic rings. The lowest BCUT2D eigenvalue weighted by atomic mass is 10.1. The Hall–Kier alpha value is -3.91. The van der Waals surface area contributed by atoms with Crippen LogP contribution >= 0.6 is 0 Å². The zero-order valence-electron chi connectivity index (χ0n) is 18.3. The summed E-state index contributed by atoms with van der Waals surface area (Å²) in [5.41, 5.74) is 4.23. The van der Waals surface area contributed by atoms with Crippen molar-refractivity contribution in [2.45, 2.75) is 25.3 Å². The van der Waals surface area contributed by atoms with Crippen LogP contribution in [0.1, 0.15) is 27.0 Å². The van der Waals surface area contributed by atoms with Gasteiger partial charge in [-0.25, -0.2) is 13.4 Å². The van der Waals surface area contributed by atoms with Crippen LogP contribution in [0.5, 0.6) is 0 Å². The van der Waals surface area contributed by atoms with Crippen molar-refractivity contribution < 1.29 is 13.2 Å². The summed E-state index contributed by atoms with van der Waals surface area (Å²) in [4.78, 5) is 17.0. The van der Waals surface area contributed by atoms with E-state index >= 15 is 0 Å². The summed E-state index contributed by atoms with van der Waals surface area (Å²) >= 11 is 0. The highest BCUT2D eigenvalue weighted by atomic mass is 32.2. The lowest BCUT2D eigenvalue weighted by Crippen LogP contribution is -2.24. The largest absolute Gasteiger partial charge is 0.348 e. The van der Waals surface area contributed by atoms with E-state index < -0.39 is 10.0 Å². The first-order chi connectivity index (χ1) is 15.8. The van der Waals surface area contributed by atoms with Gasteiger partial charge in [0.05, 0.1) is 16.9 Å². The number of sulfonamides is 1. The Morgan fingerprint density at radius 1 is 0.970 bits per heavy atom. The first kappa shape index (κ1) is 22.3. The van der Waals surface area contributed by atoms with Crippen LogP contribution in [0.15, 0.2) is 90.3 Å². The monoisotopic (exact) mass is 460 g/mol. The fourth-order valence-electron chi connectivity index (χ4n) is 3.39. The predicted molar refractivity (Wildman–Crippen MR) is 128 cm³/mol. The van der Waals surface area contributed by atoms with Gasteiger partial charge in [0.2, 0.25) is 0 Å². The number of rotatable bonds is 7. The normalized spacial score (nSPS) is 11.2. The fraction of sp³-hybridized carbons (Fsp3) is 0.120. The molecule has 0 saturated carbocycles. The van der Waals surface area contributed by atoms with Gasteiger partial charge in [-0.3, -0.25) is 9.52 Å². The van der Waals surface area contributed by atoms with Crippen molar-refractivity contribution in [3.63, 3.8) is 0 Å². The van der Waals surface area contributed by atoms with Gasteiger partial charge < -0.3 is 9.88 Å². The molecule has 1 amide bonds. The van der Waals surface area contributed by atoms with E-state index in [1.165, 1.54) is 0 Å². The molecule has 0 radical (unpaired) electrons. The number of aryl methyl sites for hydroxylation is 1. The quantitative estimate of drug-likeness (QED) is 0.432. The number of carbonyl (C=O) groups excluding carboxylic acids is 1. The number of benzene rings is 3. The summed E-state index contributed by atoms with van der Waals surface area (Å²) in [6.07, 6.45) is 5.30. The molecule has 0 unspecified atom stereocenters. The van der Waals surface area contributed by atoms with Gasteiger partial charge in [-0.2, -0.15) is 0 Å². The van der Waals surface area contributed by atoms with E-state index in [2.05, 4.69) is 15.0 Å². The zero-order valence-corrected chi connectivity index (χ0v) is 19.1. The average molecular weight is 461 g/mol. The maximum Gasteiger partial charge on any atom is 0.261 e. The predicted octanol–water partition coefficient (Wildman–Crippen LogP) is 4.22. The summed E-state index contributed by atoms with van der Waals surface area (Å²) < 4.78 is 30.0. The molecule has 0 spiro atoms. The Kier molecular flexibility index (Phi) is 6.28. The number of anilines is 1. The SMILES string of the molecule is Cc1ccc(S(=O)(=O)Nc2cccc(C(=O)NCc3ccc(-n4ccnc4)cc3)c2C)cc1. The molecule has 8 heteroatoms. The maximum absolute atomic E-state index is 12.8. The van der Waals surface area contributed by atoms with Crippen LogP contribution in [0, 0.1) is 13.8 Å². The lowest BCUT2D eigenvalue weighted by Gasteiger charge is -2.14. The molecule has 1 heterocycles. The maximum atomic E-state index is 12.8. The van der Waals surface area contributed by atoms with E-state index in [-0.39, 0.29) is 10.8 Å². The van der Waals surface area contributed by atoms with Gasteiger partial charge >= 0.3 is 0 Å². The van der Waals surface area contributed by atoms with E-state index in [0.29, 0.717) is 23.4 Å². The fourth-order valence-corrected chi connectivity index (χ4v) is 4.51. The minimum atomic E-state index is -3.76. The van der Waals surface area contributed by atoms with Gasteiger partial charge in [-0.05, 0) is 61.4 Å². The van der Waals surface area contributed by atoms with Gasteiger partial charge in [0.15, 0.2) is 0 Å². The van der Waals surface area contributed by atoms with E-state index in [4.69, 9.17) is 0 Å². The molecule has 2 N–H and O–H groups in total. The van der Waals surface area contributed by atoms with Gasteiger partial charge in [-0.1, -0.05) is 35.9 Å². The first-order valence-electron chi connectivity index (χ1n) is 10.4. The van der Waals surface area contributed by atoms with Crippen LogP contribution in [0.3, 0.4) is 0 Å². The number of aromatic nitrogens is 2. The van der Waals surface area contributed by atoms with E-state index in [9.17, 15) is 13.2 Å². The highest BCUT2D eigenvalue weighted by Gasteiger charge is 2.18. The number of nitrogens with one attached hydrogen (secondary N) is 2. The standard InChI is InChI=1S/C25H24N4O3S/c1-18-6-12-22(13-7-18)33(31,32)28-24-5-3-4-23(19(24)2)25(30)27-16-20-8-10-21(11-9-20)29-15-14-26-17-29/h3-15,17,28H,16H2,1-2H3,(H,27,30). The molecule has 168 valence electrons. The van der Waals surface area contributed by atoms with Crippen LogP contribution in [-0.2, 0) is 16.6 Å². The Bertz CT molecular complexity index is 1360. The van der Waals surface area contributed by atoms with E-state index in [0.717, 1.165) is 16.8 Å². The number of hydrogen-bond acceptors (Lipinski definition) is 4. The number of imidazole rings is 1. The second-order valence-electron chi connectivity index (χ2n) is 7.72.